The first-order chi connectivity index (χ1) is 12.4. The Morgan fingerprint density at radius 1 is 1.23 bits per heavy atom. The van der Waals surface area contributed by atoms with Crippen LogP contribution in [0.15, 0.2) is 18.2 Å². The molecule has 7 nitrogen and oxygen atoms in total. The summed E-state index contributed by atoms with van der Waals surface area (Å²) in [6, 6.07) is 4.86. The summed E-state index contributed by atoms with van der Waals surface area (Å²) >= 11 is 6.35. The lowest BCUT2D eigenvalue weighted by atomic mass is 10.1. The number of carboxylic acids is 1. The van der Waals surface area contributed by atoms with E-state index < -0.39 is 5.97 Å². The Kier molecular flexibility index (Phi) is 6.76. The van der Waals surface area contributed by atoms with Crippen LogP contribution in [0, 0.1) is 3.95 Å². The van der Waals surface area contributed by atoms with Crippen molar-refractivity contribution in [2.75, 3.05) is 14.2 Å². The van der Waals surface area contributed by atoms with E-state index in [4.69, 9.17) is 26.8 Å². The van der Waals surface area contributed by atoms with E-state index in [2.05, 4.69) is 0 Å². The van der Waals surface area contributed by atoms with Crippen LogP contribution in [0.3, 0.4) is 0 Å². The topological polar surface area (TPSA) is 98.0 Å². The van der Waals surface area contributed by atoms with E-state index in [1.165, 1.54) is 18.8 Å². The molecule has 140 valence electrons. The number of methoxy groups -OCH3 is 2. The molecule has 0 atom stereocenters. The maximum absolute atomic E-state index is 12.5. The molecule has 9 heteroatoms. The summed E-state index contributed by atoms with van der Waals surface area (Å²) < 4.78 is 12.2. The molecule has 1 heterocycles. The summed E-state index contributed by atoms with van der Waals surface area (Å²) in [5.41, 5.74) is 0.429. The number of ketones is 1. The van der Waals surface area contributed by atoms with Gasteiger partial charge in [0, 0.05) is 18.5 Å². The number of aromatic hydroxyl groups is 1. The Balaban J connectivity index is 2.17. The van der Waals surface area contributed by atoms with Crippen LogP contribution in [0.25, 0.3) is 0 Å². The van der Waals surface area contributed by atoms with Gasteiger partial charge in [-0.05, 0) is 36.8 Å². The quantitative estimate of drug-likeness (QED) is 0.495. The number of ether oxygens (including phenoxy) is 2. The fraction of sp³-hybridized carbons (Fsp3) is 0.353. The van der Waals surface area contributed by atoms with E-state index in [-0.39, 0.29) is 31.0 Å². The molecule has 1 aromatic heterocycles. The lowest BCUT2D eigenvalue weighted by Crippen LogP contribution is -2.05. The maximum atomic E-state index is 12.5. The molecule has 2 N–H and O–H groups in total. The summed E-state index contributed by atoms with van der Waals surface area (Å²) in [6.07, 6.45) is 0.315. The van der Waals surface area contributed by atoms with E-state index in [0.29, 0.717) is 32.3 Å². The Bertz CT molecular complexity index is 871. The standard InChI is InChI=1S/C17H19NO6S2/c1-23-12-6-5-10(8-13(12)24-2)11(19)9-14-16(22)18(17(25)26-14)7-3-4-15(20)21/h5-6,8,22H,3-4,7,9H2,1-2H3,(H,20,21). The van der Waals surface area contributed by atoms with Gasteiger partial charge in [0.05, 0.1) is 25.5 Å². The van der Waals surface area contributed by atoms with Crippen molar-refractivity contribution in [2.45, 2.75) is 25.8 Å². The molecule has 0 saturated carbocycles. The first-order valence-electron chi connectivity index (χ1n) is 7.75. The van der Waals surface area contributed by atoms with Gasteiger partial charge in [-0.2, -0.15) is 0 Å². The van der Waals surface area contributed by atoms with E-state index >= 15 is 0 Å². The zero-order chi connectivity index (χ0) is 19.3. The highest BCUT2D eigenvalue weighted by Gasteiger charge is 2.18. The third-order valence-electron chi connectivity index (χ3n) is 3.73. The SMILES string of the molecule is COc1ccc(C(=O)Cc2sc(=S)n(CCCC(=O)O)c2O)cc1OC. The van der Waals surface area contributed by atoms with Crippen LogP contribution >= 0.6 is 23.6 Å². The number of carbonyl (C=O) groups is 2. The van der Waals surface area contributed by atoms with Gasteiger partial charge in [-0.1, -0.05) is 0 Å². The molecule has 0 fully saturated rings. The van der Waals surface area contributed by atoms with Gasteiger partial charge in [-0.15, -0.1) is 11.3 Å². The predicted octanol–water partition coefficient (Wildman–Crippen LogP) is 3.29. The van der Waals surface area contributed by atoms with Crippen LogP contribution in [0.4, 0.5) is 0 Å². The predicted molar refractivity (Wildman–Crippen MR) is 99.3 cm³/mol. The Hall–Kier alpha value is -2.39. The number of Topliss-reactive ketones (excluding diaryl/α,β-unsaturated/α-hetero) is 1. The number of aliphatic carboxylic acids is 1. The minimum Gasteiger partial charge on any atom is -0.494 e. The molecular formula is C17H19NO6S2. The third-order valence-corrected chi connectivity index (χ3v) is 5.17. The molecule has 1 aromatic carbocycles. The lowest BCUT2D eigenvalue weighted by molar-refractivity contribution is -0.137. The van der Waals surface area contributed by atoms with Gasteiger partial charge >= 0.3 is 5.97 Å². The largest absolute Gasteiger partial charge is 0.494 e. The number of rotatable bonds is 9. The number of nitrogens with zero attached hydrogens (tertiary/aromatic N) is 1. The van der Waals surface area contributed by atoms with Crippen LogP contribution in [0.1, 0.15) is 28.1 Å². The minimum atomic E-state index is -0.907. The van der Waals surface area contributed by atoms with Crippen molar-refractivity contribution in [1.82, 2.24) is 4.57 Å². The van der Waals surface area contributed by atoms with E-state index in [0.717, 1.165) is 11.3 Å². The Labute approximate surface area is 159 Å². The van der Waals surface area contributed by atoms with Gasteiger partial charge in [0.25, 0.3) is 0 Å². The number of hydrogen-bond acceptors (Lipinski definition) is 7. The van der Waals surface area contributed by atoms with Crippen molar-refractivity contribution < 1.29 is 29.3 Å². The van der Waals surface area contributed by atoms with Gasteiger partial charge in [0.1, 0.15) is 0 Å². The van der Waals surface area contributed by atoms with Gasteiger partial charge in [0.15, 0.2) is 21.2 Å². The maximum Gasteiger partial charge on any atom is 0.303 e. The molecular weight excluding hydrogens is 378 g/mol. The van der Waals surface area contributed by atoms with Crippen molar-refractivity contribution in [3.63, 3.8) is 0 Å². The molecule has 0 aliphatic rings. The van der Waals surface area contributed by atoms with E-state index in [9.17, 15) is 14.7 Å². The lowest BCUT2D eigenvalue weighted by Gasteiger charge is -2.09. The molecule has 0 amide bonds. The molecule has 0 saturated heterocycles. The highest BCUT2D eigenvalue weighted by Crippen LogP contribution is 2.30. The van der Waals surface area contributed by atoms with Gasteiger partial charge < -0.3 is 19.7 Å². The summed E-state index contributed by atoms with van der Waals surface area (Å²) in [7, 11) is 3.00. The first kappa shape index (κ1) is 19.9. The average molecular weight is 397 g/mol. The van der Waals surface area contributed by atoms with Crippen molar-refractivity contribution >= 4 is 35.3 Å². The Morgan fingerprint density at radius 3 is 2.54 bits per heavy atom. The fourth-order valence-corrected chi connectivity index (χ4v) is 3.78. The van der Waals surface area contributed by atoms with Crippen molar-refractivity contribution in [3.05, 3.63) is 32.6 Å². The summed E-state index contributed by atoms with van der Waals surface area (Å²) in [5, 5.41) is 19.0. The molecule has 0 bridgehead atoms. The number of benzene rings is 1. The molecule has 0 aliphatic heterocycles. The summed E-state index contributed by atoms with van der Waals surface area (Å²) in [5.74, 6) is -0.224. The zero-order valence-corrected chi connectivity index (χ0v) is 16.0. The van der Waals surface area contributed by atoms with Crippen molar-refractivity contribution in [2.24, 2.45) is 0 Å². The van der Waals surface area contributed by atoms with Gasteiger partial charge in [-0.3, -0.25) is 14.2 Å². The monoisotopic (exact) mass is 397 g/mol. The minimum absolute atomic E-state index is 0.0123. The van der Waals surface area contributed by atoms with Crippen molar-refractivity contribution in [3.8, 4) is 17.4 Å². The number of aromatic nitrogens is 1. The second-order valence-corrected chi connectivity index (χ2v) is 7.16. The molecule has 2 rings (SSSR count). The number of hydrogen-bond donors (Lipinski definition) is 2. The molecule has 0 unspecified atom stereocenters. The van der Waals surface area contributed by atoms with Crippen LogP contribution < -0.4 is 9.47 Å². The molecule has 0 aliphatic carbocycles. The second kappa shape index (κ2) is 8.81. The zero-order valence-electron chi connectivity index (χ0n) is 14.4. The smallest absolute Gasteiger partial charge is 0.303 e. The van der Waals surface area contributed by atoms with E-state index in [1.54, 1.807) is 18.2 Å². The second-order valence-electron chi connectivity index (χ2n) is 5.43. The number of carbonyl (C=O) groups excluding carboxylic acids is 1. The summed E-state index contributed by atoms with van der Waals surface area (Å²) in [4.78, 5) is 23.6. The first-order valence-corrected chi connectivity index (χ1v) is 8.98. The fourth-order valence-electron chi connectivity index (χ4n) is 2.40. The highest BCUT2D eigenvalue weighted by molar-refractivity contribution is 7.73. The molecule has 2 aromatic rings. The van der Waals surface area contributed by atoms with Crippen LogP contribution in [-0.4, -0.2) is 40.8 Å². The van der Waals surface area contributed by atoms with Crippen molar-refractivity contribution in [1.29, 1.82) is 0 Å². The van der Waals surface area contributed by atoms with E-state index in [1.807, 2.05) is 0 Å². The number of thiazole rings is 1. The molecule has 0 spiro atoms. The normalized spacial score (nSPS) is 10.5. The number of carboxylic acid groups (broad SMARTS) is 1. The Morgan fingerprint density at radius 2 is 1.92 bits per heavy atom. The average Bonchev–Trinajstić information content (AvgIpc) is 2.88. The van der Waals surface area contributed by atoms with Crippen LogP contribution in [0.5, 0.6) is 17.4 Å². The van der Waals surface area contributed by atoms with Gasteiger partial charge in [-0.25, -0.2) is 0 Å². The third kappa shape index (κ3) is 4.61. The highest BCUT2D eigenvalue weighted by atomic mass is 32.1. The molecule has 26 heavy (non-hydrogen) atoms. The van der Waals surface area contributed by atoms with Crippen LogP contribution in [0.2, 0.25) is 0 Å². The van der Waals surface area contributed by atoms with Crippen LogP contribution in [-0.2, 0) is 17.8 Å². The summed E-state index contributed by atoms with van der Waals surface area (Å²) in [6.45, 7) is 0.290. The van der Waals surface area contributed by atoms with Gasteiger partial charge in [0.2, 0.25) is 5.88 Å². The molecule has 0 radical (unpaired) electrons.